The zero-order valence-electron chi connectivity index (χ0n) is 10.5. The van der Waals surface area contributed by atoms with Crippen LogP contribution in [0.3, 0.4) is 0 Å². The van der Waals surface area contributed by atoms with E-state index in [1.165, 1.54) is 32.1 Å². The van der Waals surface area contributed by atoms with Crippen LogP contribution in [0.5, 0.6) is 0 Å². The van der Waals surface area contributed by atoms with Gasteiger partial charge < -0.3 is 4.74 Å². The zero-order valence-corrected chi connectivity index (χ0v) is 10.5. The topological polar surface area (TPSA) is 47.3 Å². The van der Waals surface area contributed by atoms with Crippen molar-refractivity contribution in [2.45, 2.75) is 51.0 Å². The minimum Gasteiger partial charge on any atom is -0.385 e. The minimum atomic E-state index is 0.500. The second kappa shape index (κ2) is 5.99. The quantitative estimate of drug-likeness (QED) is 0.397. The van der Waals surface area contributed by atoms with Crippen molar-refractivity contribution in [3.63, 3.8) is 0 Å². The van der Waals surface area contributed by atoms with Gasteiger partial charge in [0.15, 0.2) is 0 Å². The molecule has 2 rings (SSSR count). The molecule has 16 heavy (non-hydrogen) atoms. The molecule has 2 fully saturated rings. The molecule has 2 aliphatic rings. The molecule has 0 heterocycles. The molecule has 0 spiro atoms. The highest BCUT2D eigenvalue weighted by Gasteiger charge is 2.39. The van der Waals surface area contributed by atoms with Crippen LogP contribution in [0.15, 0.2) is 0 Å². The van der Waals surface area contributed by atoms with Crippen LogP contribution in [-0.4, -0.2) is 19.8 Å². The van der Waals surface area contributed by atoms with Gasteiger partial charge >= 0.3 is 0 Å². The van der Waals surface area contributed by atoms with Crippen LogP contribution in [0, 0.1) is 17.8 Å². The first-order valence-electron chi connectivity index (χ1n) is 6.78. The van der Waals surface area contributed by atoms with Crippen LogP contribution in [0.2, 0.25) is 0 Å². The molecule has 94 valence electrons. The maximum Gasteiger partial charge on any atom is 0.0462 e. The van der Waals surface area contributed by atoms with Gasteiger partial charge in [-0.15, -0.1) is 0 Å². The van der Waals surface area contributed by atoms with Gasteiger partial charge in [-0.3, -0.25) is 11.3 Å². The number of fused-ring (bicyclic) bond motifs is 2. The summed E-state index contributed by atoms with van der Waals surface area (Å²) in [5.41, 5.74) is 2.99. The number of rotatable bonds is 7. The Bertz CT molecular complexity index is 210. The predicted octanol–water partition coefficient (Wildman–Crippen LogP) is 2.07. The molecule has 3 N–H and O–H groups in total. The Morgan fingerprint density at radius 2 is 2.25 bits per heavy atom. The van der Waals surface area contributed by atoms with Crippen LogP contribution in [0.4, 0.5) is 0 Å². The monoisotopic (exact) mass is 226 g/mol. The standard InChI is InChI=1S/C13H26N2O/c1-16-6-2-3-13(15-14)9-12-8-10-4-5-11(12)7-10/h10-13,15H,2-9,14H2,1H3. The Kier molecular flexibility index (Phi) is 4.62. The number of hydrogen-bond acceptors (Lipinski definition) is 3. The zero-order chi connectivity index (χ0) is 11.4. The first-order chi connectivity index (χ1) is 7.83. The summed E-state index contributed by atoms with van der Waals surface area (Å²) in [5.74, 6) is 8.65. The van der Waals surface area contributed by atoms with E-state index in [0.717, 1.165) is 37.2 Å². The third-order valence-electron chi connectivity index (χ3n) is 4.61. The third kappa shape index (κ3) is 2.96. The number of hydrogen-bond donors (Lipinski definition) is 2. The molecule has 2 saturated carbocycles. The summed E-state index contributed by atoms with van der Waals surface area (Å²) in [5, 5.41) is 0. The summed E-state index contributed by atoms with van der Waals surface area (Å²) in [6, 6.07) is 0.500. The minimum absolute atomic E-state index is 0.500. The Morgan fingerprint density at radius 3 is 2.81 bits per heavy atom. The SMILES string of the molecule is COCCCC(CC1CC2CCC1C2)NN. The average molecular weight is 226 g/mol. The summed E-state index contributed by atoms with van der Waals surface area (Å²) >= 11 is 0. The molecule has 3 heteroatoms. The van der Waals surface area contributed by atoms with E-state index in [0.29, 0.717) is 6.04 Å². The molecule has 4 atom stereocenters. The van der Waals surface area contributed by atoms with Gasteiger partial charge in [0.2, 0.25) is 0 Å². The van der Waals surface area contributed by atoms with Crippen LogP contribution < -0.4 is 11.3 Å². The lowest BCUT2D eigenvalue weighted by molar-refractivity contribution is 0.183. The molecular formula is C13H26N2O. The van der Waals surface area contributed by atoms with E-state index in [4.69, 9.17) is 10.6 Å². The number of ether oxygens (including phenoxy) is 1. The number of nitrogens with one attached hydrogen (secondary N) is 1. The van der Waals surface area contributed by atoms with Crippen molar-refractivity contribution in [3.8, 4) is 0 Å². The van der Waals surface area contributed by atoms with Crippen LogP contribution in [0.25, 0.3) is 0 Å². The fourth-order valence-corrected chi connectivity index (χ4v) is 3.77. The first-order valence-corrected chi connectivity index (χ1v) is 6.78. The lowest BCUT2D eigenvalue weighted by Gasteiger charge is -2.26. The largest absolute Gasteiger partial charge is 0.385 e. The Hall–Kier alpha value is -0.120. The van der Waals surface area contributed by atoms with Crippen molar-refractivity contribution in [2.75, 3.05) is 13.7 Å². The van der Waals surface area contributed by atoms with Crippen LogP contribution >= 0.6 is 0 Å². The Morgan fingerprint density at radius 1 is 1.38 bits per heavy atom. The molecule has 2 bridgehead atoms. The maximum atomic E-state index is 5.64. The van der Waals surface area contributed by atoms with E-state index in [-0.39, 0.29) is 0 Å². The summed E-state index contributed by atoms with van der Waals surface area (Å²) in [6.07, 6.45) is 9.48. The highest BCUT2D eigenvalue weighted by Crippen LogP contribution is 2.49. The van der Waals surface area contributed by atoms with Gasteiger partial charge in [-0.05, 0) is 56.3 Å². The molecule has 0 amide bonds. The molecule has 0 radical (unpaired) electrons. The van der Waals surface area contributed by atoms with Gasteiger partial charge in [0.1, 0.15) is 0 Å². The Labute approximate surface area is 99.1 Å². The van der Waals surface area contributed by atoms with Gasteiger partial charge in [0, 0.05) is 19.8 Å². The molecule has 0 aromatic rings. The van der Waals surface area contributed by atoms with E-state index in [1.54, 1.807) is 7.11 Å². The maximum absolute atomic E-state index is 5.64. The predicted molar refractivity (Wildman–Crippen MR) is 65.8 cm³/mol. The molecule has 2 aliphatic carbocycles. The van der Waals surface area contributed by atoms with Crippen molar-refractivity contribution < 1.29 is 4.74 Å². The number of methoxy groups -OCH3 is 1. The fraction of sp³-hybridized carbons (Fsp3) is 1.00. The van der Waals surface area contributed by atoms with Gasteiger partial charge in [-0.2, -0.15) is 0 Å². The van der Waals surface area contributed by atoms with Crippen molar-refractivity contribution in [3.05, 3.63) is 0 Å². The summed E-state index contributed by atoms with van der Waals surface area (Å²) in [4.78, 5) is 0. The number of nitrogens with two attached hydrogens (primary N) is 1. The van der Waals surface area contributed by atoms with Crippen molar-refractivity contribution in [2.24, 2.45) is 23.6 Å². The van der Waals surface area contributed by atoms with Gasteiger partial charge in [0.05, 0.1) is 0 Å². The molecule has 0 aromatic carbocycles. The van der Waals surface area contributed by atoms with Crippen molar-refractivity contribution in [1.29, 1.82) is 0 Å². The molecule has 3 nitrogen and oxygen atoms in total. The van der Waals surface area contributed by atoms with E-state index < -0.39 is 0 Å². The second-order valence-electron chi connectivity index (χ2n) is 5.67. The fourth-order valence-electron chi connectivity index (χ4n) is 3.77. The first kappa shape index (κ1) is 12.3. The summed E-state index contributed by atoms with van der Waals surface area (Å²) in [6.45, 7) is 0.856. The van der Waals surface area contributed by atoms with Gasteiger partial charge in [0.25, 0.3) is 0 Å². The van der Waals surface area contributed by atoms with Gasteiger partial charge in [-0.1, -0.05) is 6.42 Å². The van der Waals surface area contributed by atoms with Gasteiger partial charge in [-0.25, -0.2) is 0 Å². The van der Waals surface area contributed by atoms with Crippen LogP contribution in [0.1, 0.15) is 44.9 Å². The molecular weight excluding hydrogens is 200 g/mol. The number of hydrazine groups is 1. The lowest BCUT2D eigenvalue weighted by atomic mass is 9.83. The normalized spacial score (nSPS) is 34.5. The van der Waals surface area contributed by atoms with Crippen LogP contribution in [-0.2, 0) is 4.74 Å². The highest BCUT2D eigenvalue weighted by atomic mass is 16.5. The molecule has 0 aliphatic heterocycles. The van der Waals surface area contributed by atoms with Crippen molar-refractivity contribution >= 4 is 0 Å². The smallest absolute Gasteiger partial charge is 0.0462 e. The highest BCUT2D eigenvalue weighted by molar-refractivity contribution is 4.91. The van der Waals surface area contributed by atoms with E-state index in [2.05, 4.69) is 5.43 Å². The van der Waals surface area contributed by atoms with Crippen molar-refractivity contribution in [1.82, 2.24) is 5.43 Å². The summed E-state index contributed by atoms with van der Waals surface area (Å²) < 4.78 is 5.09. The van der Waals surface area contributed by atoms with E-state index >= 15 is 0 Å². The molecule has 4 unspecified atom stereocenters. The molecule has 0 aromatic heterocycles. The second-order valence-corrected chi connectivity index (χ2v) is 5.67. The lowest BCUT2D eigenvalue weighted by Crippen LogP contribution is -2.37. The van der Waals surface area contributed by atoms with E-state index in [1.807, 2.05) is 0 Å². The average Bonchev–Trinajstić information content (AvgIpc) is 2.89. The third-order valence-corrected chi connectivity index (χ3v) is 4.61. The van der Waals surface area contributed by atoms with E-state index in [9.17, 15) is 0 Å². The Balaban J connectivity index is 1.70. The summed E-state index contributed by atoms with van der Waals surface area (Å²) in [7, 11) is 1.76. The molecule has 0 saturated heterocycles.